The number of piperidine rings is 1. The molecule has 1 saturated heterocycles. The van der Waals surface area contributed by atoms with Crippen LogP contribution in [0.15, 0.2) is 59.7 Å². The first-order valence-electron chi connectivity index (χ1n) is 10.3. The number of fused-ring (bicyclic) bond motifs is 1. The lowest BCUT2D eigenvalue weighted by atomic mass is 10.0. The first kappa shape index (κ1) is 19.2. The molecule has 0 aliphatic carbocycles. The zero-order chi connectivity index (χ0) is 20.3. The van der Waals surface area contributed by atoms with E-state index in [0.717, 1.165) is 23.8 Å². The summed E-state index contributed by atoms with van der Waals surface area (Å²) in [5.74, 6) is 0.806. The molecule has 1 aliphatic rings. The molecular formula is C23H23N5S2. The van der Waals surface area contributed by atoms with E-state index in [-0.39, 0.29) is 0 Å². The number of H-pyrrole nitrogens is 1. The Labute approximate surface area is 184 Å². The van der Waals surface area contributed by atoms with Crippen molar-refractivity contribution in [2.45, 2.75) is 25.7 Å². The van der Waals surface area contributed by atoms with Crippen molar-refractivity contribution >= 4 is 45.5 Å². The van der Waals surface area contributed by atoms with Gasteiger partial charge >= 0.3 is 0 Å². The quantitative estimate of drug-likeness (QED) is 0.328. The molecule has 4 aromatic rings. The van der Waals surface area contributed by atoms with Crippen LogP contribution in [0.4, 0.5) is 5.00 Å². The minimum Gasteiger partial charge on any atom is -0.363 e. The largest absolute Gasteiger partial charge is 0.363 e. The number of nitrogens with one attached hydrogen (secondary N) is 1. The van der Waals surface area contributed by atoms with Crippen LogP contribution in [0.3, 0.4) is 0 Å². The fraction of sp³-hybridized carbons (Fsp3) is 0.261. The molecule has 1 aliphatic heterocycles. The first-order valence-corrected chi connectivity index (χ1v) is 11.5. The van der Waals surface area contributed by atoms with Crippen LogP contribution in [0.1, 0.15) is 35.5 Å². The number of nitrogens with zero attached hydrogens (tertiary/aromatic N) is 4. The summed E-state index contributed by atoms with van der Waals surface area (Å²) in [6.07, 6.45) is 6.45. The maximum absolute atomic E-state index is 5.43. The Kier molecular flexibility index (Phi) is 5.46. The predicted molar refractivity (Wildman–Crippen MR) is 128 cm³/mol. The van der Waals surface area contributed by atoms with Crippen LogP contribution in [0.25, 0.3) is 10.8 Å². The predicted octanol–water partition coefficient (Wildman–Crippen LogP) is 5.62. The van der Waals surface area contributed by atoms with Gasteiger partial charge in [0.2, 0.25) is 4.77 Å². The van der Waals surface area contributed by atoms with E-state index in [4.69, 9.17) is 12.2 Å². The summed E-state index contributed by atoms with van der Waals surface area (Å²) in [5, 5.41) is 15.8. The average Bonchev–Trinajstić information content (AvgIpc) is 3.40. The van der Waals surface area contributed by atoms with E-state index in [1.54, 1.807) is 16.0 Å². The van der Waals surface area contributed by atoms with Crippen molar-refractivity contribution in [2.75, 3.05) is 18.0 Å². The van der Waals surface area contributed by atoms with Crippen LogP contribution >= 0.6 is 23.6 Å². The smallest absolute Gasteiger partial charge is 0.216 e. The van der Waals surface area contributed by atoms with Crippen LogP contribution in [-0.2, 0) is 6.42 Å². The second-order valence-electron chi connectivity index (χ2n) is 7.54. The van der Waals surface area contributed by atoms with Gasteiger partial charge in [0.15, 0.2) is 5.82 Å². The van der Waals surface area contributed by atoms with Gasteiger partial charge in [0.25, 0.3) is 0 Å². The van der Waals surface area contributed by atoms with E-state index in [1.807, 2.05) is 6.21 Å². The van der Waals surface area contributed by atoms with Crippen molar-refractivity contribution in [2.24, 2.45) is 5.10 Å². The van der Waals surface area contributed by atoms with Gasteiger partial charge in [-0.05, 0) is 59.9 Å². The lowest BCUT2D eigenvalue weighted by Crippen LogP contribution is -2.28. The highest BCUT2D eigenvalue weighted by Gasteiger charge is 2.13. The third-order valence-corrected chi connectivity index (χ3v) is 6.87. The summed E-state index contributed by atoms with van der Waals surface area (Å²) in [5.41, 5.74) is 1.21. The molecule has 0 unspecified atom stereocenters. The van der Waals surface area contributed by atoms with Gasteiger partial charge < -0.3 is 4.90 Å². The molecule has 0 saturated carbocycles. The molecular weight excluding hydrogens is 410 g/mol. The number of aromatic amines is 1. The van der Waals surface area contributed by atoms with Gasteiger partial charge in [-0.3, -0.25) is 5.10 Å². The molecule has 0 amide bonds. The van der Waals surface area contributed by atoms with Crippen molar-refractivity contribution in [1.82, 2.24) is 14.9 Å². The Morgan fingerprint density at radius 1 is 1.03 bits per heavy atom. The van der Waals surface area contributed by atoms with Crippen LogP contribution in [0.2, 0.25) is 0 Å². The number of anilines is 1. The van der Waals surface area contributed by atoms with Crippen LogP contribution in [0.5, 0.6) is 0 Å². The standard InChI is InChI=1S/C23H23N5S2/c29-23-26-25-21(15-18-9-6-8-17-7-2-3-10-20(17)18)28(23)24-16-19-11-12-22(30-19)27-13-4-1-5-14-27/h2-3,6-12,16H,1,4-5,13-15H2,(H,26,29). The molecule has 0 radical (unpaired) electrons. The summed E-state index contributed by atoms with van der Waals surface area (Å²) >= 11 is 7.21. The van der Waals surface area contributed by atoms with Crippen molar-refractivity contribution in [1.29, 1.82) is 0 Å². The van der Waals surface area contributed by atoms with Crippen LogP contribution in [-0.4, -0.2) is 34.2 Å². The number of thiophene rings is 1. The molecule has 5 nitrogen and oxygen atoms in total. The maximum Gasteiger partial charge on any atom is 0.216 e. The molecule has 1 N–H and O–H groups in total. The number of aromatic nitrogens is 3. The molecule has 152 valence electrons. The molecule has 30 heavy (non-hydrogen) atoms. The summed E-state index contributed by atoms with van der Waals surface area (Å²) in [7, 11) is 0. The highest BCUT2D eigenvalue weighted by atomic mass is 32.1. The number of hydrogen-bond acceptors (Lipinski definition) is 5. The zero-order valence-electron chi connectivity index (χ0n) is 16.6. The Morgan fingerprint density at radius 2 is 1.87 bits per heavy atom. The second kappa shape index (κ2) is 8.53. The molecule has 3 heterocycles. The zero-order valence-corrected chi connectivity index (χ0v) is 18.3. The molecule has 2 aromatic carbocycles. The van der Waals surface area contributed by atoms with E-state index >= 15 is 0 Å². The van der Waals surface area contributed by atoms with Crippen molar-refractivity contribution in [3.63, 3.8) is 0 Å². The van der Waals surface area contributed by atoms with Gasteiger partial charge in [-0.25, -0.2) is 0 Å². The van der Waals surface area contributed by atoms with Gasteiger partial charge in [-0.2, -0.15) is 14.9 Å². The lowest BCUT2D eigenvalue weighted by Gasteiger charge is -2.27. The second-order valence-corrected chi connectivity index (χ2v) is 9.02. The first-order chi connectivity index (χ1) is 14.8. The fourth-order valence-electron chi connectivity index (χ4n) is 3.99. The van der Waals surface area contributed by atoms with E-state index in [1.165, 1.54) is 40.6 Å². The highest BCUT2D eigenvalue weighted by molar-refractivity contribution is 7.71. The van der Waals surface area contributed by atoms with Crippen molar-refractivity contribution in [3.05, 3.63) is 75.6 Å². The normalized spacial score (nSPS) is 14.7. The van der Waals surface area contributed by atoms with Gasteiger partial charge in [0.05, 0.1) is 11.2 Å². The van der Waals surface area contributed by atoms with Crippen LogP contribution in [0, 0.1) is 4.77 Å². The minimum atomic E-state index is 0.509. The molecule has 7 heteroatoms. The van der Waals surface area contributed by atoms with Crippen molar-refractivity contribution in [3.8, 4) is 0 Å². The summed E-state index contributed by atoms with van der Waals surface area (Å²) in [6.45, 7) is 2.30. The Hall–Kier alpha value is -2.77. The molecule has 0 bridgehead atoms. The third kappa shape index (κ3) is 3.95. The summed E-state index contributed by atoms with van der Waals surface area (Å²) in [4.78, 5) is 3.59. The molecule has 2 aromatic heterocycles. The van der Waals surface area contributed by atoms with Gasteiger partial charge in [-0.15, -0.1) is 11.3 Å². The Morgan fingerprint density at radius 3 is 2.77 bits per heavy atom. The molecule has 5 rings (SSSR count). The highest BCUT2D eigenvalue weighted by Crippen LogP contribution is 2.28. The van der Waals surface area contributed by atoms with Crippen LogP contribution < -0.4 is 4.90 Å². The van der Waals surface area contributed by atoms with E-state index in [0.29, 0.717) is 11.2 Å². The molecule has 0 atom stereocenters. The van der Waals surface area contributed by atoms with E-state index in [2.05, 4.69) is 74.8 Å². The maximum atomic E-state index is 5.43. The van der Waals surface area contributed by atoms with Crippen molar-refractivity contribution < 1.29 is 0 Å². The third-order valence-electron chi connectivity index (χ3n) is 5.53. The Bertz CT molecular complexity index is 1240. The number of benzene rings is 2. The monoisotopic (exact) mass is 433 g/mol. The lowest BCUT2D eigenvalue weighted by molar-refractivity contribution is 0.580. The molecule has 0 spiro atoms. The van der Waals surface area contributed by atoms with E-state index in [9.17, 15) is 0 Å². The number of rotatable bonds is 5. The minimum absolute atomic E-state index is 0.509. The molecule has 1 fully saturated rings. The average molecular weight is 434 g/mol. The summed E-state index contributed by atoms with van der Waals surface area (Å²) in [6, 6.07) is 19.1. The van der Waals surface area contributed by atoms with Gasteiger partial charge in [0.1, 0.15) is 0 Å². The topological polar surface area (TPSA) is 49.2 Å². The van der Waals surface area contributed by atoms with Gasteiger partial charge in [0, 0.05) is 24.4 Å². The number of hydrogen-bond donors (Lipinski definition) is 1. The van der Waals surface area contributed by atoms with Gasteiger partial charge in [-0.1, -0.05) is 42.5 Å². The Balaban J connectivity index is 1.39. The fourth-order valence-corrected chi connectivity index (χ4v) is 5.11. The van der Waals surface area contributed by atoms with E-state index < -0.39 is 0 Å². The SMILES string of the molecule is S=c1[nH]nc(Cc2cccc3ccccc23)n1N=Cc1ccc(N2CCCCC2)s1. The summed E-state index contributed by atoms with van der Waals surface area (Å²) < 4.78 is 2.24.